The van der Waals surface area contributed by atoms with E-state index in [2.05, 4.69) is 62.5 Å². The molecule has 2 aliphatic rings. The van der Waals surface area contributed by atoms with Crippen LogP contribution < -0.4 is 0 Å². The number of ether oxygens (including phenoxy) is 6. The van der Waals surface area contributed by atoms with Crippen molar-refractivity contribution in [3.05, 3.63) is 60.8 Å². The number of esters is 1. The molecule has 2 fully saturated rings. The van der Waals surface area contributed by atoms with Crippen LogP contribution in [-0.4, -0.2) is 142 Å². The van der Waals surface area contributed by atoms with Crippen LogP contribution in [-0.2, 0) is 33.2 Å². The van der Waals surface area contributed by atoms with Gasteiger partial charge in [-0.15, -0.1) is 0 Å². The zero-order valence-electron chi connectivity index (χ0n) is 39.0. The third kappa shape index (κ3) is 25.6. The van der Waals surface area contributed by atoms with Crippen LogP contribution in [0.4, 0.5) is 0 Å². The van der Waals surface area contributed by atoms with Crippen molar-refractivity contribution in [3.63, 3.8) is 0 Å². The maximum atomic E-state index is 12.9. The Morgan fingerprint density at radius 2 is 1.02 bits per heavy atom. The predicted molar refractivity (Wildman–Crippen MR) is 247 cm³/mol. The van der Waals surface area contributed by atoms with Crippen LogP contribution in [0.25, 0.3) is 0 Å². The van der Waals surface area contributed by atoms with Gasteiger partial charge < -0.3 is 64.2 Å². The number of rotatable bonds is 37. The standard InChI is InChI=1S/C50H86O14/c1-3-5-7-9-11-13-15-17-18-19-20-22-24-26-28-30-32-34-59-36-39(62-42(52)33-31-29-27-25-23-21-16-14-12-10-8-6-4-2)37-60-49-48(58)46(56)44(54)41(64-49)38-61-50-47(57)45(55)43(53)40(35-51)63-50/h6,8,12,14,18-19,21,23,27,29,39-41,43-51,53-58H,3-5,7,9-11,13,15-17,20,22,24-26,28,30-38H2,1-2H3/b8-6-,14-12-,19-18-,23-21-,29-27-. The normalized spacial score (nSPS) is 27.3. The van der Waals surface area contributed by atoms with Gasteiger partial charge in [-0.3, -0.25) is 4.79 Å². The van der Waals surface area contributed by atoms with Gasteiger partial charge in [0.25, 0.3) is 0 Å². The molecule has 370 valence electrons. The average molecular weight is 911 g/mol. The summed E-state index contributed by atoms with van der Waals surface area (Å²) in [6, 6.07) is 0. The van der Waals surface area contributed by atoms with E-state index in [9.17, 15) is 40.5 Å². The average Bonchev–Trinajstić information content (AvgIpc) is 3.29. The van der Waals surface area contributed by atoms with Crippen molar-refractivity contribution in [1.82, 2.24) is 0 Å². The number of allylic oxidation sites excluding steroid dienone is 10. The lowest BCUT2D eigenvalue weighted by atomic mass is 9.98. The van der Waals surface area contributed by atoms with E-state index in [1.807, 2.05) is 12.2 Å². The number of aliphatic hydroxyl groups is 7. The Hall–Kier alpha value is -2.31. The number of hydrogen-bond acceptors (Lipinski definition) is 14. The van der Waals surface area contributed by atoms with E-state index in [4.69, 9.17) is 28.4 Å². The zero-order chi connectivity index (χ0) is 46.6. The molecule has 0 bridgehead atoms. The summed E-state index contributed by atoms with van der Waals surface area (Å²) in [5.74, 6) is -0.460. The fourth-order valence-electron chi connectivity index (χ4n) is 7.29. The van der Waals surface area contributed by atoms with Crippen molar-refractivity contribution in [3.8, 4) is 0 Å². The molecule has 0 aromatic rings. The van der Waals surface area contributed by atoms with Gasteiger partial charge >= 0.3 is 5.97 Å². The first-order valence-electron chi connectivity index (χ1n) is 24.4. The number of aliphatic hydroxyl groups excluding tert-OH is 7. The summed E-state index contributed by atoms with van der Waals surface area (Å²) in [5.41, 5.74) is 0. The second-order valence-corrected chi connectivity index (χ2v) is 16.9. The Labute approximate surface area is 384 Å². The molecule has 0 aromatic carbocycles. The van der Waals surface area contributed by atoms with Crippen LogP contribution in [0.3, 0.4) is 0 Å². The van der Waals surface area contributed by atoms with E-state index in [1.54, 1.807) is 0 Å². The molecule has 0 aromatic heterocycles. The van der Waals surface area contributed by atoms with Crippen LogP contribution in [0.1, 0.15) is 149 Å². The van der Waals surface area contributed by atoms with Gasteiger partial charge in [0, 0.05) is 13.0 Å². The van der Waals surface area contributed by atoms with Crippen molar-refractivity contribution in [2.24, 2.45) is 0 Å². The summed E-state index contributed by atoms with van der Waals surface area (Å²) in [6.07, 6.45) is 27.4. The lowest BCUT2D eigenvalue weighted by molar-refractivity contribution is -0.332. The van der Waals surface area contributed by atoms with E-state index >= 15 is 0 Å². The van der Waals surface area contributed by atoms with Crippen LogP contribution in [0.15, 0.2) is 60.8 Å². The van der Waals surface area contributed by atoms with E-state index in [-0.39, 0.29) is 19.6 Å². The molecule has 0 amide bonds. The van der Waals surface area contributed by atoms with E-state index in [0.717, 1.165) is 57.8 Å². The number of unbranched alkanes of at least 4 members (excludes halogenated alkanes) is 13. The van der Waals surface area contributed by atoms with Gasteiger partial charge in [0.1, 0.15) is 54.9 Å². The topological polar surface area (TPSA) is 214 Å². The summed E-state index contributed by atoms with van der Waals surface area (Å²) >= 11 is 0. The lowest BCUT2D eigenvalue weighted by Gasteiger charge is -2.42. The summed E-state index contributed by atoms with van der Waals surface area (Å²) in [7, 11) is 0. The Morgan fingerprint density at radius 1 is 0.531 bits per heavy atom. The van der Waals surface area contributed by atoms with E-state index in [0.29, 0.717) is 13.0 Å². The Bertz CT molecular complexity index is 1290. The summed E-state index contributed by atoms with van der Waals surface area (Å²) < 4.78 is 34.1. The first-order chi connectivity index (χ1) is 31.1. The first-order valence-corrected chi connectivity index (χ1v) is 24.4. The Morgan fingerprint density at radius 3 is 1.59 bits per heavy atom. The second kappa shape index (κ2) is 37.7. The highest BCUT2D eigenvalue weighted by molar-refractivity contribution is 5.69. The molecule has 0 radical (unpaired) electrons. The molecule has 2 aliphatic heterocycles. The van der Waals surface area contributed by atoms with Crippen LogP contribution in [0.2, 0.25) is 0 Å². The number of hydrogen-bond donors (Lipinski definition) is 7. The van der Waals surface area contributed by atoms with Crippen LogP contribution >= 0.6 is 0 Å². The molecule has 64 heavy (non-hydrogen) atoms. The summed E-state index contributed by atoms with van der Waals surface area (Å²) in [6.45, 7) is 3.44. The molecule has 7 N–H and O–H groups in total. The highest BCUT2D eigenvalue weighted by Gasteiger charge is 2.47. The molecule has 0 spiro atoms. The fraction of sp³-hybridized carbons (Fsp3) is 0.780. The molecular weight excluding hydrogens is 825 g/mol. The van der Waals surface area contributed by atoms with Gasteiger partial charge in [0.15, 0.2) is 12.6 Å². The van der Waals surface area contributed by atoms with Crippen molar-refractivity contribution < 1.29 is 69.0 Å². The zero-order valence-corrected chi connectivity index (χ0v) is 39.0. The fourth-order valence-corrected chi connectivity index (χ4v) is 7.29. The number of carbonyl (C=O) groups is 1. The SMILES string of the molecule is CC/C=C\C/C=C\C/C=C\C/C=C\CCC(=O)OC(COCCCCCCCC/C=C\CCCCCCCCC)COC1OC(COC2OC(CO)C(O)C(O)C2O)C(O)C(O)C1O. The van der Waals surface area contributed by atoms with Crippen LogP contribution in [0, 0.1) is 0 Å². The third-order valence-corrected chi connectivity index (χ3v) is 11.3. The highest BCUT2D eigenvalue weighted by atomic mass is 16.7. The highest BCUT2D eigenvalue weighted by Crippen LogP contribution is 2.26. The van der Waals surface area contributed by atoms with Crippen molar-refractivity contribution in [2.45, 2.75) is 216 Å². The molecule has 14 nitrogen and oxygen atoms in total. The Balaban J connectivity index is 1.81. The second-order valence-electron chi connectivity index (χ2n) is 16.9. The van der Waals surface area contributed by atoms with Crippen molar-refractivity contribution >= 4 is 5.97 Å². The minimum Gasteiger partial charge on any atom is -0.457 e. The predicted octanol–water partition coefficient (Wildman–Crippen LogP) is 6.57. The van der Waals surface area contributed by atoms with Gasteiger partial charge in [0.05, 0.1) is 26.4 Å². The molecule has 14 heteroatoms. The van der Waals surface area contributed by atoms with Gasteiger partial charge in [-0.1, -0.05) is 139 Å². The molecule has 0 aliphatic carbocycles. The first kappa shape index (κ1) is 57.8. The molecule has 2 heterocycles. The molecule has 2 rings (SSSR count). The maximum Gasteiger partial charge on any atom is 0.306 e. The summed E-state index contributed by atoms with van der Waals surface area (Å²) in [4.78, 5) is 12.9. The van der Waals surface area contributed by atoms with Gasteiger partial charge in [-0.2, -0.15) is 0 Å². The molecule has 0 saturated carbocycles. The van der Waals surface area contributed by atoms with Crippen molar-refractivity contribution in [2.75, 3.05) is 33.0 Å². The molecule has 11 unspecified atom stereocenters. The van der Waals surface area contributed by atoms with Crippen LogP contribution in [0.5, 0.6) is 0 Å². The minimum atomic E-state index is -1.72. The largest absolute Gasteiger partial charge is 0.457 e. The summed E-state index contributed by atoms with van der Waals surface area (Å²) in [5, 5.41) is 72.0. The monoisotopic (exact) mass is 911 g/mol. The third-order valence-electron chi connectivity index (χ3n) is 11.3. The Kier molecular flexibility index (Phi) is 34.1. The van der Waals surface area contributed by atoms with E-state index < -0.39 is 86.7 Å². The van der Waals surface area contributed by atoms with Crippen molar-refractivity contribution in [1.29, 1.82) is 0 Å². The van der Waals surface area contributed by atoms with Gasteiger partial charge in [-0.05, 0) is 64.2 Å². The quantitative estimate of drug-likeness (QED) is 0.0200. The lowest BCUT2D eigenvalue weighted by Crippen LogP contribution is -2.61. The number of carbonyl (C=O) groups excluding carboxylic acids is 1. The maximum absolute atomic E-state index is 12.9. The van der Waals surface area contributed by atoms with Gasteiger partial charge in [0.2, 0.25) is 0 Å². The smallest absolute Gasteiger partial charge is 0.306 e. The molecular formula is C50H86O14. The van der Waals surface area contributed by atoms with E-state index in [1.165, 1.54) is 64.2 Å². The molecule has 2 saturated heterocycles. The van der Waals surface area contributed by atoms with Gasteiger partial charge in [-0.25, -0.2) is 0 Å². The minimum absolute atomic E-state index is 0.0263. The molecule has 11 atom stereocenters.